The van der Waals surface area contributed by atoms with E-state index >= 15 is 0 Å². The molecule has 2 rings (SSSR count). The highest BCUT2D eigenvalue weighted by atomic mass is 127. The molecule has 0 bridgehead atoms. The summed E-state index contributed by atoms with van der Waals surface area (Å²) in [6, 6.07) is 13.3. The summed E-state index contributed by atoms with van der Waals surface area (Å²) in [5, 5.41) is 3.58. The Bertz CT molecular complexity index is 657. The molecule has 1 N–H and O–H groups in total. The van der Waals surface area contributed by atoms with Crippen molar-refractivity contribution in [2.75, 3.05) is 5.32 Å². The number of carbonyl (C=O) groups excluding carboxylic acids is 1. The van der Waals surface area contributed by atoms with Crippen LogP contribution in [0.5, 0.6) is 0 Å². The largest absolute Gasteiger partial charge is 0.322 e. The van der Waals surface area contributed by atoms with E-state index in [2.05, 4.69) is 47.8 Å². The van der Waals surface area contributed by atoms with Crippen molar-refractivity contribution >= 4 is 45.8 Å². The number of anilines is 1. The summed E-state index contributed by atoms with van der Waals surface area (Å²) >= 11 is 8.22. The van der Waals surface area contributed by atoms with Crippen LogP contribution in [0.3, 0.4) is 0 Å². The molecule has 4 heteroatoms. The number of hydrogen-bond donors (Lipinski definition) is 1. The van der Waals surface area contributed by atoms with E-state index in [1.165, 1.54) is 0 Å². The molecule has 0 saturated heterocycles. The van der Waals surface area contributed by atoms with Gasteiger partial charge in [-0.05, 0) is 64.8 Å². The third-order valence-corrected chi connectivity index (χ3v) is 5.11. The highest BCUT2D eigenvalue weighted by molar-refractivity contribution is 14.1. The summed E-state index contributed by atoms with van der Waals surface area (Å²) in [5.41, 5.74) is 2.59. The Balaban J connectivity index is 2.25. The Morgan fingerprint density at radius 1 is 1.29 bits per heavy atom. The van der Waals surface area contributed by atoms with Crippen LogP contribution in [0.25, 0.3) is 0 Å². The number of carbonyl (C=O) groups is 1. The van der Waals surface area contributed by atoms with E-state index in [4.69, 9.17) is 11.6 Å². The zero-order valence-electron chi connectivity index (χ0n) is 12.0. The fourth-order valence-corrected chi connectivity index (χ4v) is 2.61. The van der Waals surface area contributed by atoms with Crippen LogP contribution in [0, 0.1) is 3.57 Å². The SMILES string of the molecule is CCC(C)c1ccccc1NC(=O)c1ccc(I)c(Cl)c1. The fourth-order valence-electron chi connectivity index (χ4n) is 2.09. The van der Waals surface area contributed by atoms with Crippen molar-refractivity contribution in [3.05, 3.63) is 62.2 Å². The van der Waals surface area contributed by atoms with Crippen molar-refractivity contribution in [2.24, 2.45) is 0 Å². The molecule has 0 saturated carbocycles. The van der Waals surface area contributed by atoms with Gasteiger partial charge in [-0.25, -0.2) is 0 Å². The first-order valence-electron chi connectivity index (χ1n) is 6.88. The minimum absolute atomic E-state index is 0.135. The lowest BCUT2D eigenvalue weighted by Gasteiger charge is -2.15. The van der Waals surface area contributed by atoms with Crippen molar-refractivity contribution in [2.45, 2.75) is 26.2 Å². The summed E-state index contributed by atoms with van der Waals surface area (Å²) in [7, 11) is 0. The third-order valence-electron chi connectivity index (χ3n) is 3.53. The van der Waals surface area contributed by atoms with Gasteiger partial charge in [0.25, 0.3) is 5.91 Å². The molecule has 2 nitrogen and oxygen atoms in total. The Hall–Kier alpha value is -1.07. The number of amides is 1. The molecule has 1 atom stereocenters. The highest BCUT2D eigenvalue weighted by Crippen LogP contribution is 2.27. The van der Waals surface area contributed by atoms with Crippen LogP contribution in [0.1, 0.15) is 42.1 Å². The van der Waals surface area contributed by atoms with E-state index in [9.17, 15) is 4.79 Å². The van der Waals surface area contributed by atoms with Crippen molar-refractivity contribution in [3.8, 4) is 0 Å². The standard InChI is InChI=1S/C17H17ClINO/c1-3-11(2)13-6-4-5-7-16(13)20-17(21)12-8-9-15(19)14(18)10-12/h4-11H,3H2,1-2H3,(H,20,21). The van der Waals surface area contributed by atoms with Gasteiger partial charge >= 0.3 is 0 Å². The molecule has 21 heavy (non-hydrogen) atoms. The van der Waals surface area contributed by atoms with Crippen LogP contribution >= 0.6 is 34.2 Å². The third kappa shape index (κ3) is 3.98. The van der Waals surface area contributed by atoms with E-state index in [0.29, 0.717) is 16.5 Å². The van der Waals surface area contributed by atoms with E-state index in [1.54, 1.807) is 12.1 Å². The van der Waals surface area contributed by atoms with E-state index in [1.807, 2.05) is 24.3 Å². The minimum atomic E-state index is -0.135. The molecule has 0 heterocycles. The molecule has 0 spiro atoms. The molecule has 1 amide bonds. The Morgan fingerprint density at radius 3 is 2.67 bits per heavy atom. The minimum Gasteiger partial charge on any atom is -0.322 e. The van der Waals surface area contributed by atoms with E-state index in [0.717, 1.165) is 21.2 Å². The smallest absolute Gasteiger partial charge is 0.255 e. The lowest BCUT2D eigenvalue weighted by molar-refractivity contribution is 0.102. The summed E-state index contributed by atoms with van der Waals surface area (Å²) in [6.07, 6.45) is 1.03. The lowest BCUT2D eigenvalue weighted by atomic mass is 9.97. The van der Waals surface area contributed by atoms with Gasteiger partial charge in [0.2, 0.25) is 0 Å². The van der Waals surface area contributed by atoms with E-state index < -0.39 is 0 Å². The number of benzene rings is 2. The summed E-state index contributed by atoms with van der Waals surface area (Å²) in [4.78, 5) is 12.4. The Morgan fingerprint density at radius 2 is 2.00 bits per heavy atom. The van der Waals surface area contributed by atoms with Gasteiger partial charge in [-0.15, -0.1) is 0 Å². The summed E-state index contributed by atoms with van der Waals surface area (Å²) < 4.78 is 0.936. The molecular weight excluding hydrogens is 397 g/mol. The van der Waals surface area contributed by atoms with Gasteiger partial charge in [-0.3, -0.25) is 4.79 Å². The molecule has 2 aromatic rings. The van der Waals surface area contributed by atoms with Crippen LogP contribution in [0.4, 0.5) is 5.69 Å². The predicted octanol–water partition coefficient (Wildman–Crippen LogP) is 5.71. The van der Waals surface area contributed by atoms with Crippen molar-refractivity contribution in [1.29, 1.82) is 0 Å². The number of para-hydroxylation sites is 1. The predicted molar refractivity (Wildman–Crippen MR) is 97.3 cm³/mol. The van der Waals surface area contributed by atoms with Gasteiger partial charge in [0.1, 0.15) is 0 Å². The topological polar surface area (TPSA) is 29.1 Å². The Kier molecular flexibility index (Phi) is 5.65. The molecule has 0 aliphatic heterocycles. The van der Waals surface area contributed by atoms with Crippen LogP contribution in [-0.4, -0.2) is 5.91 Å². The van der Waals surface area contributed by atoms with Crippen LogP contribution < -0.4 is 5.32 Å². The maximum absolute atomic E-state index is 12.4. The first-order chi connectivity index (χ1) is 10.0. The van der Waals surface area contributed by atoms with Gasteiger partial charge in [-0.1, -0.05) is 43.6 Å². The average Bonchev–Trinajstić information content (AvgIpc) is 2.49. The summed E-state index contributed by atoms with van der Waals surface area (Å²) in [5.74, 6) is 0.269. The first kappa shape index (κ1) is 16.3. The zero-order valence-corrected chi connectivity index (χ0v) is 14.9. The van der Waals surface area contributed by atoms with Gasteiger partial charge in [0, 0.05) is 14.8 Å². The van der Waals surface area contributed by atoms with Gasteiger partial charge < -0.3 is 5.32 Å². The van der Waals surface area contributed by atoms with Gasteiger partial charge in [0.15, 0.2) is 0 Å². The molecule has 0 aliphatic carbocycles. The van der Waals surface area contributed by atoms with E-state index in [-0.39, 0.29) is 5.91 Å². The average molecular weight is 414 g/mol. The normalized spacial score (nSPS) is 12.0. The second kappa shape index (κ2) is 7.27. The number of nitrogens with one attached hydrogen (secondary N) is 1. The lowest BCUT2D eigenvalue weighted by Crippen LogP contribution is -2.14. The Labute approximate surface area is 144 Å². The number of halogens is 2. The zero-order chi connectivity index (χ0) is 15.4. The van der Waals surface area contributed by atoms with Crippen LogP contribution in [0.2, 0.25) is 5.02 Å². The number of hydrogen-bond acceptors (Lipinski definition) is 1. The highest BCUT2D eigenvalue weighted by Gasteiger charge is 2.13. The molecular formula is C17H17ClINO. The quantitative estimate of drug-likeness (QED) is 0.639. The van der Waals surface area contributed by atoms with Crippen molar-refractivity contribution < 1.29 is 4.79 Å². The van der Waals surface area contributed by atoms with Crippen LogP contribution in [-0.2, 0) is 0 Å². The molecule has 0 fully saturated rings. The number of rotatable bonds is 4. The maximum atomic E-state index is 12.4. The molecule has 2 aromatic carbocycles. The van der Waals surface area contributed by atoms with Crippen molar-refractivity contribution in [1.82, 2.24) is 0 Å². The molecule has 1 unspecified atom stereocenters. The second-order valence-electron chi connectivity index (χ2n) is 4.98. The maximum Gasteiger partial charge on any atom is 0.255 e. The monoisotopic (exact) mass is 413 g/mol. The fraction of sp³-hybridized carbons (Fsp3) is 0.235. The molecule has 0 aliphatic rings. The molecule has 110 valence electrons. The first-order valence-corrected chi connectivity index (χ1v) is 8.34. The van der Waals surface area contributed by atoms with Crippen molar-refractivity contribution in [3.63, 3.8) is 0 Å². The molecule has 0 radical (unpaired) electrons. The van der Waals surface area contributed by atoms with Gasteiger partial charge in [-0.2, -0.15) is 0 Å². The molecule has 0 aromatic heterocycles. The van der Waals surface area contributed by atoms with Gasteiger partial charge in [0.05, 0.1) is 5.02 Å². The second-order valence-corrected chi connectivity index (χ2v) is 6.55. The van der Waals surface area contributed by atoms with Crippen LogP contribution in [0.15, 0.2) is 42.5 Å². The summed E-state index contributed by atoms with van der Waals surface area (Å²) in [6.45, 7) is 4.30.